The second-order valence-electron chi connectivity index (χ2n) is 4.41. The van der Waals surface area contributed by atoms with Gasteiger partial charge in [0.1, 0.15) is 11.0 Å². The van der Waals surface area contributed by atoms with Gasteiger partial charge in [0.2, 0.25) is 0 Å². The molecule has 6 heteroatoms. The molecule has 4 nitrogen and oxygen atoms in total. The number of carbonyl (C=O) groups excluding carboxylic acids is 1. The third-order valence-electron chi connectivity index (χ3n) is 3.15. The number of nitrogens with zero attached hydrogens (tertiary/aromatic N) is 2. The van der Waals surface area contributed by atoms with Crippen molar-refractivity contribution in [1.29, 1.82) is 0 Å². The van der Waals surface area contributed by atoms with E-state index in [2.05, 4.69) is 4.98 Å². The van der Waals surface area contributed by atoms with Gasteiger partial charge < -0.3 is 10.0 Å². The molecule has 0 bridgehead atoms. The summed E-state index contributed by atoms with van der Waals surface area (Å²) in [5, 5.41) is 8.89. The fraction of sp³-hybridized carbons (Fsp3) is 0.500. The molecule has 1 aromatic heterocycles. The average Bonchev–Trinajstić information content (AvgIpc) is 2.80. The number of aromatic nitrogens is 1. The average molecular weight is 273 g/mol. The van der Waals surface area contributed by atoms with E-state index in [0.29, 0.717) is 25.4 Å². The molecular formula is C12H14ClFN2O2. The number of aliphatic hydroxyl groups is 1. The van der Waals surface area contributed by atoms with Crippen molar-refractivity contribution in [3.63, 3.8) is 0 Å². The van der Waals surface area contributed by atoms with Gasteiger partial charge >= 0.3 is 0 Å². The zero-order valence-corrected chi connectivity index (χ0v) is 10.5. The fourth-order valence-electron chi connectivity index (χ4n) is 2.18. The van der Waals surface area contributed by atoms with Crippen LogP contribution in [0.4, 0.5) is 4.39 Å². The number of hydrogen-bond donors (Lipinski definition) is 1. The molecule has 1 aliphatic heterocycles. The van der Waals surface area contributed by atoms with Crippen LogP contribution in [0.25, 0.3) is 0 Å². The van der Waals surface area contributed by atoms with E-state index in [1.165, 1.54) is 0 Å². The van der Waals surface area contributed by atoms with E-state index in [1.807, 2.05) is 0 Å². The van der Waals surface area contributed by atoms with Crippen molar-refractivity contribution in [3.8, 4) is 0 Å². The molecule has 18 heavy (non-hydrogen) atoms. The highest BCUT2D eigenvalue weighted by atomic mass is 35.5. The topological polar surface area (TPSA) is 53.4 Å². The van der Waals surface area contributed by atoms with E-state index >= 15 is 0 Å². The van der Waals surface area contributed by atoms with Crippen LogP contribution in [-0.2, 0) is 0 Å². The lowest BCUT2D eigenvalue weighted by molar-refractivity contribution is 0.0784. The molecule has 1 saturated heterocycles. The molecule has 0 aromatic carbocycles. The predicted octanol–water partition coefficient (Wildman–Crippen LogP) is 1.72. The van der Waals surface area contributed by atoms with Crippen molar-refractivity contribution in [2.75, 3.05) is 19.7 Å². The molecule has 2 rings (SSSR count). The first-order chi connectivity index (χ1) is 8.61. The van der Waals surface area contributed by atoms with Gasteiger partial charge in [-0.15, -0.1) is 0 Å². The molecule has 1 atom stereocenters. The fourth-order valence-corrected chi connectivity index (χ4v) is 2.36. The van der Waals surface area contributed by atoms with Crippen molar-refractivity contribution in [2.45, 2.75) is 12.8 Å². The molecule has 0 saturated carbocycles. The van der Waals surface area contributed by atoms with E-state index < -0.39 is 5.82 Å². The Labute approximate surface area is 109 Å². The zero-order chi connectivity index (χ0) is 13.1. The second-order valence-corrected chi connectivity index (χ2v) is 4.77. The minimum absolute atomic E-state index is 0.0204. The summed E-state index contributed by atoms with van der Waals surface area (Å²) < 4.78 is 13.1. The maximum Gasteiger partial charge on any atom is 0.257 e. The smallest absolute Gasteiger partial charge is 0.257 e. The van der Waals surface area contributed by atoms with Crippen molar-refractivity contribution in [1.82, 2.24) is 9.88 Å². The second kappa shape index (κ2) is 5.63. The third kappa shape index (κ3) is 2.79. The minimum atomic E-state index is -0.575. The summed E-state index contributed by atoms with van der Waals surface area (Å²) in [4.78, 5) is 17.4. The van der Waals surface area contributed by atoms with E-state index in [0.717, 1.165) is 18.7 Å². The molecule has 1 aromatic rings. The van der Waals surface area contributed by atoms with Gasteiger partial charge in [-0.3, -0.25) is 4.79 Å². The van der Waals surface area contributed by atoms with Crippen LogP contribution in [0.15, 0.2) is 12.3 Å². The maximum atomic E-state index is 13.1. The molecule has 0 radical (unpaired) electrons. The number of carbonyl (C=O) groups is 1. The molecule has 1 fully saturated rings. The van der Waals surface area contributed by atoms with E-state index in [4.69, 9.17) is 16.7 Å². The van der Waals surface area contributed by atoms with E-state index in [-0.39, 0.29) is 23.2 Å². The van der Waals surface area contributed by atoms with Crippen molar-refractivity contribution in [3.05, 3.63) is 28.8 Å². The Hall–Kier alpha value is -1.20. The molecular weight excluding hydrogens is 259 g/mol. The highest BCUT2D eigenvalue weighted by molar-refractivity contribution is 6.32. The van der Waals surface area contributed by atoms with Gasteiger partial charge in [0, 0.05) is 19.7 Å². The first-order valence-electron chi connectivity index (χ1n) is 5.83. The standard InChI is InChI=1S/C12H14ClFN2O2/c13-11-10(5-9(14)6-15-11)12(18)16-3-1-8(7-16)2-4-17/h5-6,8,17H,1-4,7H2. The monoisotopic (exact) mass is 272 g/mol. The number of rotatable bonds is 3. The summed E-state index contributed by atoms with van der Waals surface area (Å²) in [7, 11) is 0. The largest absolute Gasteiger partial charge is 0.396 e. The van der Waals surface area contributed by atoms with Crippen molar-refractivity contribution < 1.29 is 14.3 Å². The van der Waals surface area contributed by atoms with E-state index in [9.17, 15) is 9.18 Å². The lowest BCUT2D eigenvalue weighted by Crippen LogP contribution is -2.29. The van der Waals surface area contributed by atoms with Crippen LogP contribution in [-0.4, -0.2) is 40.6 Å². The Kier molecular flexibility index (Phi) is 4.14. The van der Waals surface area contributed by atoms with Crippen molar-refractivity contribution >= 4 is 17.5 Å². The highest BCUT2D eigenvalue weighted by Crippen LogP contribution is 2.23. The van der Waals surface area contributed by atoms with Crippen LogP contribution in [0, 0.1) is 11.7 Å². The van der Waals surface area contributed by atoms with Gasteiger partial charge in [0.25, 0.3) is 5.91 Å². The number of pyridine rings is 1. The minimum Gasteiger partial charge on any atom is -0.396 e. The Balaban J connectivity index is 2.10. The third-order valence-corrected chi connectivity index (χ3v) is 3.45. The Morgan fingerprint density at radius 3 is 3.17 bits per heavy atom. The molecule has 0 spiro atoms. The van der Waals surface area contributed by atoms with Crippen LogP contribution in [0.1, 0.15) is 23.2 Å². The van der Waals surface area contributed by atoms with Gasteiger partial charge in [0.15, 0.2) is 0 Å². The number of likely N-dealkylation sites (tertiary alicyclic amines) is 1. The summed E-state index contributed by atoms with van der Waals surface area (Å²) in [5.41, 5.74) is 0.0984. The lowest BCUT2D eigenvalue weighted by Gasteiger charge is -2.16. The quantitative estimate of drug-likeness (QED) is 0.853. The number of halogens is 2. The molecule has 0 aliphatic carbocycles. The van der Waals surface area contributed by atoms with Crippen LogP contribution in [0.2, 0.25) is 5.15 Å². The van der Waals surface area contributed by atoms with Crippen LogP contribution in [0.3, 0.4) is 0 Å². The molecule has 1 amide bonds. The molecule has 1 N–H and O–H groups in total. The van der Waals surface area contributed by atoms with Gasteiger partial charge in [-0.2, -0.15) is 0 Å². The summed E-state index contributed by atoms with van der Waals surface area (Å²) in [5.74, 6) is -0.569. The summed E-state index contributed by atoms with van der Waals surface area (Å²) in [6.45, 7) is 1.30. The van der Waals surface area contributed by atoms with Gasteiger partial charge in [0.05, 0.1) is 11.8 Å². The Morgan fingerprint density at radius 2 is 2.44 bits per heavy atom. The molecule has 2 heterocycles. The SMILES string of the molecule is O=C(c1cc(F)cnc1Cl)N1CCC(CCO)C1. The number of hydrogen-bond acceptors (Lipinski definition) is 3. The van der Waals surface area contributed by atoms with E-state index in [1.54, 1.807) is 4.90 Å². The maximum absolute atomic E-state index is 13.1. The normalized spacial score (nSPS) is 19.3. The lowest BCUT2D eigenvalue weighted by atomic mass is 10.1. The predicted molar refractivity (Wildman–Crippen MR) is 64.9 cm³/mol. The Bertz CT molecular complexity index is 456. The van der Waals surface area contributed by atoms with Gasteiger partial charge in [-0.25, -0.2) is 9.37 Å². The number of aliphatic hydroxyl groups excluding tert-OH is 1. The van der Waals surface area contributed by atoms with Gasteiger partial charge in [-0.1, -0.05) is 11.6 Å². The summed E-state index contributed by atoms with van der Waals surface area (Å²) >= 11 is 5.80. The first-order valence-corrected chi connectivity index (χ1v) is 6.20. The molecule has 1 aliphatic rings. The highest BCUT2D eigenvalue weighted by Gasteiger charge is 2.28. The Morgan fingerprint density at radius 1 is 1.67 bits per heavy atom. The molecule has 98 valence electrons. The summed E-state index contributed by atoms with van der Waals surface area (Å²) in [6, 6.07) is 1.11. The number of amides is 1. The summed E-state index contributed by atoms with van der Waals surface area (Å²) in [6.07, 6.45) is 2.52. The molecule has 1 unspecified atom stereocenters. The van der Waals surface area contributed by atoms with Crippen LogP contribution in [0.5, 0.6) is 0 Å². The van der Waals surface area contributed by atoms with Crippen molar-refractivity contribution in [2.24, 2.45) is 5.92 Å². The van der Waals surface area contributed by atoms with Gasteiger partial charge in [-0.05, 0) is 24.8 Å². The van der Waals surface area contributed by atoms with Crippen LogP contribution >= 0.6 is 11.6 Å². The first kappa shape index (κ1) is 13.2. The van der Waals surface area contributed by atoms with Crippen LogP contribution < -0.4 is 0 Å². The zero-order valence-electron chi connectivity index (χ0n) is 9.77.